The molecule has 0 aliphatic rings. The molecule has 0 spiro atoms. The van der Waals surface area contributed by atoms with Gasteiger partial charge in [0.25, 0.3) is 5.91 Å². The SMILES string of the molecule is Cc1noc(CCCNC(=O)c2cccc(OCc3cccc(Cl)c3)c2)n1. The standard InChI is InChI=1S/C20H20ClN3O3/c1-14-23-19(27-24-14)9-4-10-22-20(25)16-6-3-8-18(12-16)26-13-15-5-2-7-17(21)11-15/h2-3,5-8,11-12H,4,9-10,13H2,1H3,(H,22,25). The Labute approximate surface area is 162 Å². The zero-order chi connectivity index (χ0) is 19.1. The maximum atomic E-state index is 12.3. The molecular formula is C20H20ClN3O3. The summed E-state index contributed by atoms with van der Waals surface area (Å²) in [4.78, 5) is 16.4. The Morgan fingerprint density at radius 2 is 2.07 bits per heavy atom. The van der Waals surface area contributed by atoms with E-state index in [9.17, 15) is 4.79 Å². The predicted octanol–water partition coefficient (Wildman–Crippen LogP) is 3.97. The van der Waals surface area contributed by atoms with Crippen molar-refractivity contribution in [3.8, 4) is 5.75 Å². The fraction of sp³-hybridized carbons (Fsp3) is 0.250. The number of hydrogen-bond donors (Lipinski definition) is 1. The molecule has 3 aromatic rings. The zero-order valence-electron chi connectivity index (χ0n) is 14.9. The molecule has 0 saturated carbocycles. The van der Waals surface area contributed by atoms with E-state index in [1.54, 1.807) is 25.1 Å². The summed E-state index contributed by atoms with van der Waals surface area (Å²) >= 11 is 5.97. The first-order valence-corrected chi connectivity index (χ1v) is 9.02. The maximum Gasteiger partial charge on any atom is 0.251 e. The van der Waals surface area contributed by atoms with E-state index in [1.165, 1.54) is 0 Å². The number of benzene rings is 2. The molecule has 6 nitrogen and oxygen atoms in total. The van der Waals surface area contributed by atoms with Gasteiger partial charge in [0.05, 0.1) is 0 Å². The van der Waals surface area contributed by atoms with Crippen molar-refractivity contribution >= 4 is 17.5 Å². The highest BCUT2D eigenvalue weighted by Crippen LogP contribution is 2.17. The van der Waals surface area contributed by atoms with E-state index in [2.05, 4.69) is 15.5 Å². The maximum absolute atomic E-state index is 12.3. The van der Waals surface area contributed by atoms with Gasteiger partial charge in [0.1, 0.15) is 12.4 Å². The third-order valence-electron chi connectivity index (χ3n) is 3.81. The molecule has 1 aromatic heterocycles. The van der Waals surface area contributed by atoms with Crippen molar-refractivity contribution in [3.05, 3.63) is 76.4 Å². The van der Waals surface area contributed by atoms with Gasteiger partial charge in [-0.1, -0.05) is 35.0 Å². The third-order valence-corrected chi connectivity index (χ3v) is 4.05. The van der Waals surface area contributed by atoms with Crippen molar-refractivity contribution in [2.75, 3.05) is 6.54 Å². The summed E-state index contributed by atoms with van der Waals surface area (Å²) in [6.45, 7) is 2.68. The summed E-state index contributed by atoms with van der Waals surface area (Å²) in [5.41, 5.74) is 1.51. The fourth-order valence-electron chi connectivity index (χ4n) is 2.51. The average molecular weight is 386 g/mol. The van der Waals surface area contributed by atoms with Crippen molar-refractivity contribution in [1.29, 1.82) is 0 Å². The van der Waals surface area contributed by atoms with Gasteiger partial charge < -0.3 is 14.6 Å². The molecule has 1 amide bonds. The van der Waals surface area contributed by atoms with Gasteiger partial charge >= 0.3 is 0 Å². The molecule has 140 valence electrons. The predicted molar refractivity (Wildman–Crippen MR) is 102 cm³/mol. The van der Waals surface area contributed by atoms with Gasteiger partial charge in [-0.3, -0.25) is 4.79 Å². The van der Waals surface area contributed by atoms with Gasteiger partial charge in [-0.15, -0.1) is 0 Å². The summed E-state index contributed by atoms with van der Waals surface area (Å²) in [6.07, 6.45) is 1.35. The molecular weight excluding hydrogens is 366 g/mol. The molecule has 0 aliphatic heterocycles. The Hall–Kier alpha value is -2.86. The molecule has 27 heavy (non-hydrogen) atoms. The molecule has 7 heteroatoms. The van der Waals surface area contributed by atoms with Crippen LogP contribution >= 0.6 is 11.6 Å². The number of rotatable bonds is 8. The number of nitrogens with zero attached hydrogens (tertiary/aromatic N) is 2. The lowest BCUT2D eigenvalue weighted by Gasteiger charge is -2.09. The summed E-state index contributed by atoms with van der Waals surface area (Å²) in [5.74, 6) is 1.68. The minimum absolute atomic E-state index is 0.148. The van der Waals surface area contributed by atoms with Gasteiger partial charge in [0.2, 0.25) is 5.89 Å². The number of halogens is 1. The van der Waals surface area contributed by atoms with Crippen LogP contribution in [0.25, 0.3) is 0 Å². The smallest absolute Gasteiger partial charge is 0.251 e. The molecule has 0 fully saturated rings. The van der Waals surface area contributed by atoms with Crippen LogP contribution < -0.4 is 10.1 Å². The Balaban J connectivity index is 1.47. The van der Waals surface area contributed by atoms with Crippen molar-refractivity contribution in [1.82, 2.24) is 15.5 Å². The molecule has 1 N–H and O–H groups in total. The fourth-order valence-corrected chi connectivity index (χ4v) is 2.72. The summed E-state index contributed by atoms with van der Waals surface area (Å²) < 4.78 is 10.8. The van der Waals surface area contributed by atoms with Gasteiger partial charge in [-0.25, -0.2) is 0 Å². The largest absolute Gasteiger partial charge is 0.489 e. The van der Waals surface area contributed by atoms with Crippen LogP contribution in [0, 0.1) is 6.92 Å². The zero-order valence-corrected chi connectivity index (χ0v) is 15.7. The van der Waals surface area contributed by atoms with E-state index >= 15 is 0 Å². The van der Waals surface area contributed by atoms with E-state index < -0.39 is 0 Å². The summed E-state index contributed by atoms with van der Waals surface area (Å²) in [7, 11) is 0. The number of ether oxygens (including phenoxy) is 1. The van der Waals surface area contributed by atoms with Crippen LogP contribution in [0.2, 0.25) is 5.02 Å². The third kappa shape index (κ3) is 5.82. The van der Waals surface area contributed by atoms with E-state index in [-0.39, 0.29) is 5.91 Å². The highest BCUT2D eigenvalue weighted by atomic mass is 35.5. The molecule has 0 saturated heterocycles. The van der Waals surface area contributed by atoms with Crippen molar-refractivity contribution in [3.63, 3.8) is 0 Å². The monoisotopic (exact) mass is 385 g/mol. The number of hydrogen-bond acceptors (Lipinski definition) is 5. The average Bonchev–Trinajstić information content (AvgIpc) is 3.09. The van der Waals surface area contributed by atoms with E-state index in [1.807, 2.05) is 30.3 Å². The van der Waals surface area contributed by atoms with E-state index in [0.717, 1.165) is 12.0 Å². The Morgan fingerprint density at radius 3 is 2.85 bits per heavy atom. The second-order valence-corrected chi connectivity index (χ2v) is 6.48. The Morgan fingerprint density at radius 1 is 1.22 bits per heavy atom. The lowest BCUT2D eigenvalue weighted by atomic mass is 10.2. The second-order valence-electron chi connectivity index (χ2n) is 6.04. The van der Waals surface area contributed by atoms with Crippen LogP contribution in [0.3, 0.4) is 0 Å². The summed E-state index contributed by atoms with van der Waals surface area (Å²) in [5, 5.41) is 7.29. The highest BCUT2D eigenvalue weighted by molar-refractivity contribution is 6.30. The van der Waals surface area contributed by atoms with E-state index in [4.69, 9.17) is 20.9 Å². The van der Waals surface area contributed by atoms with Crippen molar-refractivity contribution < 1.29 is 14.1 Å². The lowest BCUT2D eigenvalue weighted by Crippen LogP contribution is -2.24. The first-order valence-electron chi connectivity index (χ1n) is 8.65. The molecule has 0 atom stereocenters. The lowest BCUT2D eigenvalue weighted by molar-refractivity contribution is 0.0952. The van der Waals surface area contributed by atoms with E-state index in [0.29, 0.717) is 47.6 Å². The first-order chi connectivity index (χ1) is 13.1. The molecule has 0 bridgehead atoms. The van der Waals surface area contributed by atoms with Gasteiger partial charge in [-0.05, 0) is 49.2 Å². The number of amides is 1. The number of aryl methyl sites for hydroxylation is 2. The highest BCUT2D eigenvalue weighted by Gasteiger charge is 2.08. The van der Waals surface area contributed by atoms with Crippen molar-refractivity contribution in [2.45, 2.75) is 26.4 Å². The minimum atomic E-state index is -0.148. The number of carbonyl (C=O) groups is 1. The van der Waals surface area contributed by atoms with Crippen LogP contribution in [0.1, 0.15) is 34.1 Å². The van der Waals surface area contributed by atoms with Crippen LogP contribution in [-0.4, -0.2) is 22.6 Å². The van der Waals surface area contributed by atoms with Crippen molar-refractivity contribution in [2.24, 2.45) is 0 Å². The van der Waals surface area contributed by atoms with Gasteiger partial charge in [0.15, 0.2) is 5.82 Å². The molecule has 0 aliphatic carbocycles. The quantitative estimate of drug-likeness (QED) is 0.593. The molecule has 3 rings (SSSR count). The normalized spacial score (nSPS) is 10.6. The second kappa shape index (κ2) is 9.19. The van der Waals surface area contributed by atoms with Gasteiger partial charge in [0, 0.05) is 23.6 Å². The van der Waals surface area contributed by atoms with Crippen LogP contribution in [0.5, 0.6) is 5.75 Å². The molecule has 2 aromatic carbocycles. The number of carbonyl (C=O) groups excluding carboxylic acids is 1. The topological polar surface area (TPSA) is 77.2 Å². The number of aromatic nitrogens is 2. The van der Waals surface area contributed by atoms with Crippen LogP contribution in [0.4, 0.5) is 0 Å². The van der Waals surface area contributed by atoms with Crippen LogP contribution in [0.15, 0.2) is 53.1 Å². The summed E-state index contributed by atoms with van der Waals surface area (Å²) in [6, 6.07) is 14.6. The molecule has 0 radical (unpaired) electrons. The Kier molecular flexibility index (Phi) is 6.44. The van der Waals surface area contributed by atoms with Gasteiger partial charge in [-0.2, -0.15) is 4.98 Å². The van der Waals surface area contributed by atoms with Crippen LogP contribution in [-0.2, 0) is 13.0 Å². The first kappa shape index (κ1) is 18.9. The number of nitrogens with one attached hydrogen (secondary N) is 1. The molecule has 0 unspecified atom stereocenters. The molecule has 1 heterocycles. The Bertz CT molecular complexity index is 911. The minimum Gasteiger partial charge on any atom is -0.489 e.